The molecule has 4 aromatic rings. The van der Waals surface area contributed by atoms with Crippen molar-refractivity contribution in [3.8, 4) is 22.8 Å². The molecule has 0 atom stereocenters. The number of hydrogen-bond donors (Lipinski definition) is 0. The number of methoxy groups -OCH3 is 2. The highest BCUT2D eigenvalue weighted by atomic mass is 16.7. The lowest BCUT2D eigenvalue weighted by Gasteiger charge is -2.18. The van der Waals surface area contributed by atoms with Crippen molar-refractivity contribution in [2.75, 3.05) is 58.0 Å². The second-order valence-corrected chi connectivity index (χ2v) is 9.23. The topological polar surface area (TPSA) is 85.7 Å². The minimum Gasteiger partial charge on any atom is -0.493 e. The van der Waals surface area contributed by atoms with Crippen LogP contribution in [0.4, 0.5) is 11.6 Å². The number of aromatic nitrogens is 4. The summed E-state index contributed by atoms with van der Waals surface area (Å²) in [5.74, 6) is 4.17. The summed E-state index contributed by atoms with van der Waals surface area (Å²) in [6.07, 6.45) is 6.05. The fourth-order valence-corrected chi connectivity index (χ4v) is 4.50. The van der Waals surface area contributed by atoms with Crippen LogP contribution in [0.3, 0.4) is 0 Å². The summed E-state index contributed by atoms with van der Waals surface area (Å²) in [4.78, 5) is 23.5. The third-order valence-corrected chi connectivity index (χ3v) is 6.36. The predicted molar refractivity (Wildman–Crippen MR) is 151 cm³/mol. The molecular formula is C29H32N6O3. The van der Waals surface area contributed by atoms with Crippen LogP contribution >= 0.6 is 0 Å². The highest BCUT2D eigenvalue weighted by Crippen LogP contribution is 2.33. The maximum absolute atomic E-state index is 5.74. The lowest BCUT2D eigenvalue weighted by molar-refractivity contribution is 0.0492. The molecule has 3 heterocycles. The van der Waals surface area contributed by atoms with Crippen LogP contribution in [0.5, 0.6) is 11.5 Å². The summed E-state index contributed by atoms with van der Waals surface area (Å²) in [6, 6.07) is 15.8. The molecule has 0 saturated carbocycles. The van der Waals surface area contributed by atoms with Crippen molar-refractivity contribution < 1.29 is 14.2 Å². The molecule has 0 aliphatic carbocycles. The fraction of sp³-hybridized carbons (Fsp3) is 0.310. The molecule has 2 aromatic carbocycles. The van der Waals surface area contributed by atoms with E-state index in [0.717, 1.165) is 59.7 Å². The molecule has 38 heavy (non-hydrogen) atoms. The van der Waals surface area contributed by atoms with Crippen LogP contribution in [0, 0.1) is 0 Å². The highest BCUT2D eigenvalue weighted by Gasteiger charge is 2.17. The third kappa shape index (κ3) is 5.52. The second kappa shape index (κ2) is 11.4. The van der Waals surface area contributed by atoms with E-state index in [1.807, 2.05) is 79.7 Å². The van der Waals surface area contributed by atoms with E-state index in [1.54, 1.807) is 14.2 Å². The molecular weight excluding hydrogens is 480 g/mol. The van der Waals surface area contributed by atoms with Crippen molar-refractivity contribution in [1.82, 2.24) is 19.9 Å². The minimum absolute atomic E-state index is 0.122. The Bertz CT molecular complexity index is 1450. The molecule has 1 saturated heterocycles. The molecule has 9 nitrogen and oxygen atoms in total. The Balaban J connectivity index is 1.55. The monoisotopic (exact) mass is 512 g/mol. The summed E-state index contributed by atoms with van der Waals surface area (Å²) in [6.45, 7) is 2.08. The van der Waals surface area contributed by atoms with Gasteiger partial charge in [0.05, 0.1) is 18.3 Å². The lowest BCUT2D eigenvalue weighted by Crippen LogP contribution is -2.19. The molecule has 5 rings (SSSR count). The zero-order valence-corrected chi connectivity index (χ0v) is 22.2. The number of rotatable bonds is 9. The van der Waals surface area contributed by atoms with E-state index in [2.05, 4.69) is 4.90 Å². The number of para-hydroxylation sites is 1. The molecule has 2 aromatic heterocycles. The van der Waals surface area contributed by atoms with Gasteiger partial charge in [-0.1, -0.05) is 12.1 Å². The van der Waals surface area contributed by atoms with E-state index in [4.69, 9.17) is 34.1 Å². The average molecular weight is 513 g/mol. The number of fused-ring (bicyclic) bond motifs is 1. The van der Waals surface area contributed by atoms with Gasteiger partial charge in [0.2, 0.25) is 0 Å². The predicted octanol–water partition coefficient (Wildman–Crippen LogP) is 4.91. The van der Waals surface area contributed by atoms with E-state index < -0.39 is 0 Å². The van der Waals surface area contributed by atoms with Gasteiger partial charge in [0.1, 0.15) is 11.6 Å². The standard InChI is InChI=1S/C29H32N6O3/c1-34(2)29-21-9-5-6-10-22(21)30-27(33-29)14-13-26-31-23(18-28(32-26)35-15-7-8-16-35)20-11-12-24(37-4)25(17-20)38-19-36-3/h5-6,9-14,17-18H,7-8,15-16,19H2,1-4H3. The lowest BCUT2D eigenvalue weighted by atomic mass is 10.1. The number of hydrogen-bond acceptors (Lipinski definition) is 9. The van der Waals surface area contributed by atoms with Crippen molar-refractivity contribution in [3.63, 3.8) is 0 Å². The van der Waals surface area contributed by atoms with E-state index >= 15 is 0 Å². The minimum atomic E-state index is 0.122. The van der Waals surface area contributed by atoms with Crippen LogP contribution in [-0.4, -0.2) is 68.1 Å². The molecule has 1 fully saturated rings. The van der Waals surface area contributed by atoms with Crippen LogP contribution in [0.1, 0.15) is 24.5 Å². The summed E-state index contributed by atoms with van der Waals surface area (Å²) in [5.41, 5.74) is 2.58. The SMILES string of the molecule is COCOc1cc(-c2cc(N3CCCC3)nc(C=Cc3nc(N(C)C)c4ccccc4n3)n2)ccc1OC. The van der Waals surface area contributed by atoms with E-state index in [-0.39, 0.29) is 6.79 Å². The van der Waals surface area contributed by atoms with Gasteiger partial charge in [-0.05, 0) is 55.3 Å². The molecule has 0 spiro atoms. The maximum Gasteiger partial charge on any atom is 0.188 e. The Morgan fingerprint density at radius 1 is 0.868 bits per heavy atom. The Kier molecular flexibility index (Phi) is 7.65. The largest absolute Gasteiger partial charge is 0.493 e. The molecule has 0 bridgehead atoms. The Morgan fingerprint density at radius 2 is 1.63 bits per heavy atom. The first kappa shape index (κ1) is 25.4. The van der Waals surface area contributed by atoms with Crippen molar-refractivity contribution in [2.24, 2.45) is 0 Å². The first-order valence-electron chi connectivity index (χ1n) is 12.6. The quantitative estimate of drug-likeness (QED) is 0.290. The van der Waals surface area contributed by atoms with Crippen molar-refractivity contribution in [2.45, 2.75) is 12.8 Å². The molecule has 0 amide bonds. The van der Waals surface area contributed by atoms with Gasteiger partial charge in [-0.2, -0.15) is 0 Å². The molecule has 0 N–H and O–H groups in total. The fourth-order valence-electron chi connectivity index (χ4n) is 4.50. The Labute approximate surface area is 222 Å². The van der Waals surface area contributed by atoms with E-state index in [9.17, 15) is 0 Å². The molecule has 0 unspecified atom stereocenters. The number of ether oxygens (including phenoxy) is 3. The van der Waals surface area contributed by atoms with E-state index in [1.165, 1.54) is 0 Å². The van der Waals surface area contributed by atoms with Gasteiger partial charge >= 0.3 is 0 Å². The van der Waals surface area contributed by atoms with Gasteiger partial charge in [0.25, 0.3) is 0 Å². The summed E-state index contributed by atoms with van der Waals surface area (Å²) < 4.78 is 16.3. The zero-order valence-electron chi connectivity index (χ0n) is 22.2. The van der Waals surface area contributed by atoms with E-state index in [0.29, 0.717) is 23.1 Å². The summed E-state index contributed by atoms with van der Waals surface area (Å²) >= 11 is 0. The molecule has 0 radical (unpaired) electrons. The van der Waals surface area contributed by atoms with Crippen LogP contribution in [0.2, 0.25) is 0 Å². The summed E-state index contributed by atoms with van der Waals surface area (Å²) in [5, 5.41) is 1.01. The van der Waals surface area contributed by atoms with Crippen LogP contribution in [-0.2, 0) is 4.74 Å². The van der Waals surface area contributed by atoms with Crippen molar-refractivity contribution in [1.29, 1.82) is 0 Å². The highest BCUT2D eigenvalue weighted by molar-refractivity contribution is 5.90. The second-order valence-electron chi connectivity index (χ2n) is 9.23. The first-order valence-corrected chi connectivity index (χ1v) is 12.6. The smallest absolute Gasteiger partial charge is 0.188 e. The van der Waals surface area contributed by atoms with Gasteiger partial charge in [-0.25, -0.2) is 19.9 Å². The van der Waals surface area contributed by atoms with Crippen LogP contribution in [0.25, 0.3) is 34.3 Å². The molecule has 196 valence electrons. The number of benzene rings is 2. The number of anilines is 2. The normalized spacial score (nSPS) is 13.4. The molecule has 1 aliphatic rings. The molecule has 1 aliphatic heterocycles. The van der Waals surface area contributed by atoms with Crippen LogP contribution < -0.4 is 19.3 Å². The van der Waals surface area contributed by atoms with Gasteiger partial charge in [-0.15, -0.1) is 0 Å². The summed E-state index contributed by atoms with van der Waals surface area (Å²) in [7, 11) is 7.17. The zero-order chi connectivity index (χ0) is 26.5. The van der Waals surface area contributed by atoms with Gasteiger partial charge in [0, 0.05) is 51.3 Å². The number of nitrogens with zero attached hydrogens (tertiary/aromatic N) is 6. The van der Waals surface area contributed by atoms with Crippen molar-refractivity contribution in [3.05, 3.63) is 60.2 Å². The van der Waals surface area contributed by atoms with Gasteiger partial charge in [-0.3, -0.25) is 0 Å². The average Bonchev–Trinajstić information content (AvgIpc) is 3.49. The van der Waals surface area contributed by atoms with Gasteiger partial charge in [0.15, 0.2) is 29.9 Å². The van der Waals surface area contributed by atoms with Crippen LogP contribution in [0.15, 0.2) is 48.5 Å². The third-order valence-electron chi connectivity index (χ3n) is 6.36. The van der Waals surface area contributed by atoms with Gasteiger partial charge < -0.3 is 24.0 Å². The van der Waals surface area contributed by atoms with Crippen molar-refractivity contribution >= 4 is 34.7 Å². The molecule has 9 heteroatoms. The first-order chi connectivity index (χ1) is 18.6. The Morgan fingerprint density at radius 3 is 2.37 bits per heavy atom. The maximum atomic E-state index is 5.74. The Hall–Kier alpha value is -4.24.